The first-order chi connectivity index (χ1) is 11.5. The number of carbonyl (C=O) groups is 1. The fraction of sp³-hybridized carbons (Fsp3) is 0.278. The number of nitrogens with zero attached hydrogens (tertiary/aromatic N) is 2. The number of rotatable bonds is 3. The predicted molar refractivity (Wildman–Crippen MR) is 101 cm³/mol. The average Bonchev–Trinajstić information content (AvgIpc) is 2.55. The Kier molecular flexibility index (Phi) is 6.64. The van der Waals surface area contributed by atoms with E-state index in [0.717, 1.165) is 30.9 Å². The van der Waals surface area contributed by atoms with Crippen molar-refractivity contribution in [2.75, 3.05) is 31.9 Å². The third-order valence-electron chi connectivity index (χ3n) is 4.19. The zero-order valence-corrected chi connectivity index (χ0v) is 15.2. The molecule has 1 fully saturated rings. The average molecular weight is 384 g/mol. The van der Waals surface area contributed by atoms with Crippen LogP contribution in [-0.2, 0) is 6.54 Å². The first-order valence-electron chi connectivity index (χ1n) is 7.84. The van der Waals surface area contributed by atoms with E-state index in [2.05, 4.69) is 4.90 Å². The van der Waals surface area contributed by atoms with E-state index in [1.807, 2.05) is 24.3 Å². The summed E-state index contributed by atoms with van der Waals surface area (Å²) < 4.78 is 13.9. The fourth-order valence-corrected chi connectivity index (χ4v) is 3.16. The minimum atomic E-state index is -0.574. The van der Waals surface area contributed by atoms with Gasteiger partial charge in [-0.15, -0.1) is 12.4 Å². The molecular formula is C18H20Cl2FN3O. The number of amides is 1. The quantitative estimate of drug-likeness (QED) is 0.825. The number of carbonyl (C=O) groups excluding carboxylic acids is 1. The summed E-state index contributed by atoms with van der Waals surface area (Å²) in [5, 5.41) is 0.155. The smallest absolute Gasteiger partial charge is 0.258 e. The summed E-state index contributed by atoms with van der Waals surface area (Å²) in [5.41, 5.74) is 7.65. The van der Waals surface area contributed by atoms with Crippen molar-refractivity contribution in [2.45, 2.75) is 6.54 Å². The van der Waals surface area contributed by atoms with Crippen molar-refractivity contribution in [3.8, 4) is 0 Å². The molecule has 0 unspecified atom stereocenters. The first-order valence-corrected chi connectivity index (χ1v) is 8.22. The highest BCUT2D eigenvalue weighted by atomic mass is 35.5. The van der Waals surface area contributed by atoms with Crippen LogP contribution in [0.2, 0.25) is 5.02 Å². The molecule has 7 heteroatoms. The van der Waals surface area contributed by atoms with Crippen LogP contribution in [-0.4, -0.2) is 41.9 Å². The Bertz CT molecular complexity index is 729. The Morgan fingerprint density at radius 1 is 1.12 bits per heavy atom. The second-order valence-corrected chi connectivity index (χ2v) is 6.32. The van der Waals surface area contributed by atoms with Crippen LogP contribution in [0.5, 0.6) is 0 Å². The molecule has 2 N–H and O–H groups in total. The molecule has 0 bridgehead atoms. The summed E-state index contributed by atoms with van der Waals surface area (Å²) >= 11 is 5.98. The minimum Gasteiger partial charge on any atom is -0.399 e. The van der Waals surface area contributed by atoms with E-state index in [9.17, 15) is 9.18 Å². The maximum atomic E-state index is 13.9. The SMILES string of the molecule is Cl.Nc1cccc(CN2CCN(C(=O)c3c(F)cccc3Cl)CC2)c1. The van der Waals surface area contributed by atoms with Gasteiger partial charge >= 0.3 is 0 Å². The van der Waals surface area contributed by atoms with Crippen LogP contribution in [0.1, 0.15) is 15.9 Å². The topological polar surface area (TPSA) is 49.6 Å². The lowest BCUT2D eigenvalue weighted by atomic mass is 10.1. The number of piperazine rings is 1. The molecule has 1 heterocycles. The summed E-state index contributed by atoms with van der Waals surface area (Å²) in [4.78, 5) is 16.4. The molecule has 2 aromatic carbocycles. The molecule has 1 aliphatic rings. The van der Waals surface area contributed by atoms with E-state index >= 15 is 0 Å². The molecule has 25 heavy (non-hydrogen) atoms. The molecular weight excluding hydrogens is 364 g/mol. The van der Waals surface area contributed by atoms with Crippen molar-refractivity contribution in [1.82, 2.24) is 9.80 Å². The van der Waals surface area contributed by atoms with E-state index in [-0.39, 0.29) is 28.9 Å². The third-order valence-corrected chi connectivity index (χ3v) is 4.51. The number of hydrogen-bond donors (Lipinski definition) is 1. The van der Waals surface area contributed by atoms with Gasteiger partial charge in [0.1, 0.15) is 5.82 Å². The Hall–Kier alpha value is -1.82. The Balaban J connectivity index is 0.00000225. The van der Waals surface area contributed by atoms with Crippen molar-refractivity contribution >= 4 is 35.6 Å². The molecule has 0 radical (unpaired) electrons. The van der Waals surface area contributed by atoms with Gasteiger partial charge in [0, 0.05) is 38.4 Å². The summed E-state index contributed by atoms with van der Waals surface area (Å²) in [6.45, 7) is 3.34. The van der Waals surface area contributed by atoms with E-state index in [1.165, 1.54) is 18.2 Å². The van der Waals surface area contributed by atoms with Crippen molar-refractivity contribution in [3.63, 3.8) is 0 Å². The number of nitrogens with two attached hydrogens (primary N) is 1. The molecule has 0 aliphatic carbocycles. The van der Waals surface area contributed by atoms with Crippen LogP contribution < -0.4 is 5.73 Å². The standard InChI is InChI=1S/C18H19ClFN3O.ClH/c19-15-5-2-6-16(20)17(15)18(24)23-9-7-22(8-10-23)12-13-3-1-4-14(21)11-13;/h1-6,11H,7-10,12,21H2;1H. The molecule has 1 aliphatic heterocycles. The van der Waals surface area contributed by atoms with Gasteiger partial charge in [0.2, 0.25) is 0 Å². The van der Waals surface area contributed by atoms with Gasteiger partial charge in [0.05, 0.1) is 10.6 Å². The monoisotopic (exact) mass is 383 g/mol. The molecule has 0 atom stereocenters. The second kappa shape index (κ2) is 8.52. The minimum absolute atomic E-state index is 0. The second-order valence-electron chi connectivity index (χ2n) is 5.91. The molecule has 0 spiro atoms. The first kappa shape index (κ1) is 19.5. The maximum absolute atomic E-state index is 13.9. The largest absolute Gasteiger partial charge is 0.399 e. The van der Waals surface area contributed by atoms with Crippen LogP contribution >= 0.6 is 24.0 Å². The number of hydrogen-bond acceptors (Lipinski definition) is 3. The van der Waals surface area contributed by atoms with Gasteiger partial charge in [-0.1, -0.05) is 29.8 Å². The predicted octanol–water partition coefficient (Wildman–Crippen LogP) is 3.44. The number of anilines is 1. The summed E-state index contributed by atoms with van der Waals surface area (Å²) in [6.07, 6.45) is 0. The van der Waals surface area contributed by atoms with Gasteiger partial charge in [-0.3, -0.25) is 9.69 Å². The highest BCUT2D eigenvalue weighted by Crippen LogP contribution is 2.22. The van der Waals surface area contributed by atoms with Crippen molar-refractivity contribution in [2.24, 2.45) is 0 Å². The Labute approximate surface area is 157 Å². The van der Waals surface area contributed by atoms with Gasteiger partial charge in [-0.2, -0.15) is 0 Å². The van der Waals surface area contributed by atoms with Crippen LogP contribution in [0.4, 0.5) is 10.1 Å². The van der Waals surface area contributed by atoms with Crippen molar-refractivity contribution < 1.29 is 9.18 Å². The third kappa shape index (κ3) is 4.63. The molecule has 3 rings (SSSR count). The van der Waals surface area contributed by atoms with Crippen molar-refractivity contribution in [1.29, 1.82) is 0 Å². The van der Waals surface area contributed by atoms with E-state index in [0.29, 0.717) is 13.1 Å². The molecule has 2 aromatic rings. The van der Waals surface area contributed by atoms with Gasteiger partial charge in [-0.25, -0.2) is 4.39 Å². The zero-order valence-electron chi connectivity index (χ0n) is 13.6. The van der Waals surface area contributed by atoms with E-state index < -0.39 is 5.82 Å². The highest BCUT2D eigenvalue weighted by molar-refractivity contribution is 6.33. The normalized spacial score (nSPS) is 14.9. The number of benzene rings is 2. The van der Waals surface area contributed by atoms with E-state index in [4.69, 9.17) is 17.3 Å². The Morgan fingerprint density at radius 2 is 1.80 bits per heavy atom. The van der Waals surface area contributed by atoms with Gasteiger partial charge < -0.3 is 10.6 Å². The van der Waals surface area contributed by atoms with Crippen LogP contribution in [0.25, 0.3) is 0 Å². The van der Waals surface area contributed by atoms with Crippen LogP contribution in [0.15, 0.2) is 42.5 Å². The number of halogens is 3. The summed E-state index contributed by atoms with van der Waals surface area (Å²) in [7, 11) is 0. The van der Waals surface area contributed by atoms with Gasteiger partial charge in [0.15, 0.2) is 0 Å². The fourth-order valence-electron chi connectivity index (χ4n) is 2.92. The van der Waals surface area contributed by atoms with Crippen LogP contribution in [0, 0.1) is 5.82 Å². The number of nitrogen functional groups attached to an aromatic ring is 1. The highest BCUT2D eigenvalue weighted by Gasteiger charge is 2.25. The van der Waals surface area contributed by atoms with Gasteiger partial charge in [-0.05, 0) is 29.8 Å². The molecule has 0 aromatic heterocycles. The molecule has 134 valence electrons. The lowest BCUT2D eigenvalue weighted by Gasteiger charge is -2.35. The van der Waals surface area contributed by atoms with Crippen molar-refractivity contribution in [3.05, 3.63) is 64.4 Å². The lowest BCUT2D eigenvalue weighted by Crippen LogP contribution is -2.48. The lowest BCUT2D eigenvalue weighted by molar-refractivity contribution is 0.0624. The molecule has 0 saturated carbocycles. The van der Waals surface area contributed by atoms with E-state index in [1.54, 1.807) is 4.90 Å². The molecule has 1 amide bonds. The Morgan fingerprint density at radius 3 is 2.44 bits per heavy atom. The molecule has 4 nitrogen and oxygen atoms in total. The summed E-state index contributed by atoms with van der Waals surface area (Å²) in [5.74, 6) is -0.920. The summed E-state index contributed by atoms with van der Waals surface area (Å²) in [6, 6.07) is 12.1. The molecule has 1 saturated heterocycles. The maximum Gasteiger partial charge on any atom is 0.258 e. The zero-order chi connectivity index (χ0) is 17.1. The van der Waals surface area contributed by atoms with Crippen LogP contribution in [0.3, 0.4) is 0 Å². The van der Waals surface area contributed by atoms with Gasteiger partial charge in [0.25, 0.3) is 5.91 Å².